The molecule has 2 N–H and O–H groups in total. The van der Waals surface area contributed by atoms with Crippen LogP contribution in [0.4, 0.5) is 4.39 Å². The quantitative estimate of drug-likeness (QED) is 0.920. The second-order valence-corrected chi connectivity index (χ2v) is 4.13. The van der Waals surface area contributed by atoms with E-state index in [4.69, 9.17) is 10.3 Å². The smallest absolute Gasteiger partial charge is 0.240 e. The number of halogens is 2. The van der Waals surface area contributed by atoms with Gasteiger partial charge in [0.05, 0.1) is 6.54 Å². The van der Waals surface area contributed by atoms with Crippen LogP contribution >= 0.6 is 15.9 Å². The van der Waals surface area contributed by atoms with E-state index in [1.807, 2.05) is 6.92 Å². The van der Waals surface area contributed by atoms with E-state index in [0.717, 1.165) is 5.56 Å². The molecule has 0 aliphatic carbocycles. The first-order valence-corrected chi connectivity index (χ1v) is 5.39. The molecule has 2 aromatic rings. The average Bonchev–Trinajstić information content (AvgIpc) is 2.71. The Morgan fingerprint density at radius 1 is 1.50 bits per heavy atom. The van der Waals surface area contributed by atoms with Crippen molar-refractivity contribution in [3.8, 4) is 11.4 Å². The fraction of sp³-hybridized carbons (Fsp3) is 0.200. The third-order valence-corrected chi connectivity index (χ3v) is 3.02. The molecular formula is C10H9BrFN3O. The molecule has 6 heteroatoms. The lowest BCUT2D eigenvalue weighted by Gasteiger charge is -2.03. The Balaban J connectivity index is 2.54. The second kappa shape index (κ2) is 4.31. The van der Waals surface area contributed by atoms with E-state index < -0.39 is 0 Å². The van der Waals surface area contributed by atoms with Crippen LogP contribution in [0.2, 0.25) is 0 Å². The van der Waals surface area contributed by atoms with Crippen LogP contribution in [0.3, 0.4) is 0 Å². The fourth-order valence-corrected chi connectivity index (χ4v) is 1.76. The van der Waals surface area contributed by atoms with Gasteiger partial charge in [-0.3, -0.25) is 0 Å². The Morgan fingerprint density at radius 2 is 2.25 bits per heavy atom. The lowest BCUT2D eigenvalue weighted by molar-refractivity contribution is 0.380. The van der Waals surface area contributed by atoms with Crippen LogP contribution in [0, 0.1) is 12.7 Å². The monoisotopic (exact) mass is 285 g/mol. The Bertz CT molecular complexity index is 527. The molecule has 0 bridgehead atoms. The summed E-state index contributed by atoms with van der Waals surface area (Å²) < 4.78 is 18.8. The Kier molecular flexibility index (Phi) is 3.02. The molecule has 4 nitrogen and oxygen atoms in total. The maximum atomic E-state index is 13.2. The summed E-state index contributed by atoms with van der Waals surface area (Å²) in [6.07, 6.45) is 0. The number of aromatic nitrogens is 2. The van der Waals surface area contributed by atoms with E-state index in [2.05, 4.69) is 26.1 Å². The molecule has 0 aliphatic heterocycles. The Labute approximate surface area is 99.8 Å². The van der Waals surface area contributed by atoms with Crippen LogP contribution in [0.1, 0.15) is 11.5 Å². The van der Waals surface area contributed by atoms with Gasteiger partial charge in [0.25, 0.3) is 0 Å². The molecule has 1 heterocycles. The number of benzene rings is 1. The highest BCUT2D eigenvalue weighted by Crippen LogP contribution is 2.28. The summed E-state index contributed by atoms with van der Waals surface area (Å²) in [6, 6.07) is 2.76. The van der Waals surface area contributed by atoms with Crippen LogP contribution < -0.4 is 5.73 Å². The summed E-state index contributed by atoms with van der Waals surface area (Å²) in [5.41, 5.74) is 6.80. The zero-order valence-corrected chi connectivity index (χ0v) is 10.1. The summed E-state index contributed by atoms with van der Waals surface area (Å²) in [7, 11) is 0. The molecule has 0 saturated carbocycles. The van der Waals surface area contributed by atoms with Crippen molar-refractivity contribution in [2.24, 2.45) is 5.73 Å². The molecule has 1 aromatic heterocycles. The molecule has 0 radical (unpaired) electrons. The maximum absolute atomic E-state index is 13.2. The molecule has 0 amide bonds. The van der Waals surface area contributed by atoms with Crippen LogP contribution in [-0.4, -0.2) is 10.1 Å². The summed E-state index contributed by atoms with van der Waals surface area (Å²) >= 11 is 3.27. The zero-order chi connectivity index (χ0) is 11.7. The number of rotatable bonds is 2. The molecule has 16 heavy (non-hydrogen) atoms. The molecule has 2 rings (SSSR count). The van der Waals surface area contributed by atoms with Gasteiger partial charge in [0.2, 0.25) is 11.7 Å². The topological polar surface area (TPSA) is 64.9 Å². The molecule has 0 fully saturated rings. The minimum atomic E-state index is -0.355. The molecule has 1 aromatic carbocycles. The third kappa shape index (κ3) is 1.98. The Morgan fingerprint density at radius 3 is 2.88 bits per heavy atom. The van der Waals surface area contributed by atoms with E-state index in [1.54, 1.807) is 0 Å². The molecular weight excluding hydrogens is 277 g/mol. The van der Waals surface area contributed by atoms with Gasteiger partial charge in [0, 0.05) is 10.0 Å². The summed E-state index contributed by atoms with van der Waals surface area (Å²) in [5, 5.41) is 3.75. The predicted molar refractivity (Wildman–Crippen MR) is 60.0 cm³/mol. The summed E-state index contributed by atoms with van der Waals surface area (Å²) in [4.78, 5) is 4.05. The van der Waals surface area contributed by atoms with E-state index in [1.165, 1.54) is 12.1 Å². The van der Waals surface area contributed by atoms with Gasteiger partial charge in [0.1, 0.15) is 5.82 Å². The highest BCUT2D eigenvalue weighted by molar-refractivity contribution is 9.10. The van der Waals surface area contributed by atoms with E-state index in [9.17, 15) is 4.39 Å². The minimum Gasteiger partial charge on any atom is -0.338 e. The molecule has 0 aliphatic rings. The largest absolute Gasteiger partial charge is 0.338 e. The fourth-order valence-electron chi connectivity index (χ4n) is 1.33. The standard InChI is InChI=1S/C10H9BrFN3O/c1-5-7(2-6(12)3-8(5)11)10-14-9(4-13)16-15-10/h2-3H,4,13H2,1H3. The summed E-state index contributed by atoms with van der Waals surface area (Å²) in [6.45, 7) is 2.01. The Hall–Kier alpha value is -1.27. The van der Waals surface area contributed by atoms with Crippen LogP contribution in [-0.2, 0) is 6.54 Å². The van der Waals surface area contributed by atoms with Crippen molar-refractivity contribution in [3.05, 3.63) is 33.9 Å². The molecule has 0 saturated heterocycles. The first kappa shape index (κ1) is 11.2. The van der Waals surface area contributed by atoms with Crippen LogP contribution in [0.25, 0.3) is 11.4 Å². The molecule has 84 valence electrons. The normalized spacial score (nSPS) is 10.8. The van der Waals surface area contributed by atoms with E-state index in [0.29, 0.717) is 21.8 Å². The van der Waals surface area contributed by atoms with Crippen LogP contribution in [0.15, 0.2) is 21.1 Å². The number of hydrogen-bond donors (Lipinski definition) is 1. The lowest BCUT2D eigenvalue weighted by atomic mass is 10.1. The van der Waals surface area contributed by atoms with Gasteiger partial charge in [-0.1, -0.05) is 21.1 Å². The first-order chi connectivity index (χ1) is 7.61. The molecule has 0 atom stereocenters. The molecule has 0 spiro atoms. The molecule has 0 unspecified atom stereocenters. The van der Waals surface area contributed by atoms with Crippen LogP contribution in [0.5, 0.6) is 0 Å². The second-order valence-electron chi connectivity index (χ2n) is 3.28. The average molecular weight is 286 g/mol. The van der Waals surface area contributed by atoms with E-state index in [-0.39, 0.29) is 12.4 Å². The van der Waals surface area contributed by atoms with Gasteiger partial charge in [0.15, 0.2) is 0 Å². The summed E-state index contributed by atoms with van der Waals surface area (Å²) in [5.74, 6) is 0.319. The minimum absolute atomic E-state index is 0.169. The van der Waals surface area contributed by atoms with Crippen molar-refractivity contribution in [1.82, 2.24) is 10.1 Å². The van der Waals surface area contributed by atoms with Crippen molar-refractivity contribution < 1.29 is 8.91 Å². The van der Waals surface area contributed by atoms with Gasteiger partial charge >= 0.3 is 0 Å². The maximum Gasteiger partial charge on any atom is 0.240 e. The highest BCUT2D eigenvalue weighted by Gasteiger charge is 2.13. The van der Waals surface area contributed by atoms with Gasteiger partial charge in [-0.25, -0.2) is 4.39 Å². The van der Waals surface area contributed by atoms with Crippen molar-refractivity contribution in [2.75, 3.05) is 0 Å². The highest BCUT2D eigenvalue weighted by atomic mass is 79.9. The van der Waals surface area contributed by atoms with Gasteiger partial charge in [-0.2, -0.15) is 4.98 Å². The van der Waals surface area contributed by atoms with Crippen molar-refractivity contribution in [1.29, 1.82) is 0 Å². The van der Waals surface area contributed by atoms with Gasteiger partial charge in [-0.15, -0.1) is 0 Å². The van der Waals surface area contributed by atoms with Crippen molar-refractivity contribution >= 4 is 15.9 Å². The number of hydrogen-bond acceptors (Lipinski definition) is 4. The lowest BCUT2D eigenvalue weighted by Crippen LogP contribution is -1.96. The van der Waals surface area contributed by atoms with Gasteiger partial charge in [-0.05, 0) is 24.6 Å². The SMILES string of the molecule is Cc1c(Br)cc(F)cc1-c1noc(CN)n1. The van der Waals surface area contributed by atoms with Crippen molar-refractivity contribution in [3.63, 3.8) is 0 Å². The number of nitrogens with two attached hydrogens (primary N) is 1. The predicted octanol–water partition coefficient (Wildman–Crippen LogP) is 2.41. The zero-order valence-electron chi connectivity index (χ0n) is 8.50. The number of nitrogens with zero attached hydrogens (tertiary/aromatic N) is 2. The van der Waals surface area contributed by atoms with E-state index >= 15 is 0 Å². The van der Waals surface area contributed by atoms with Crippen molar-refractivity contribution in [2.45, 2.75) is 13.5 Å². The first-order valence-electron chi connectivity index (χ1n) is 4.60. The third-order valence-electron chi connectivity index (χ3n) is 2.19. The van der Waals surface area contributed by atoms with Gasteiger partial charge < -0.3 is 10.3 Å².